The Morgan fingerprint density at radius 2 is 1.75 bits per heavy atom. The molecule has 24 heavy (non-hydrogen) atoms. The van der Waals surface area contributed by atoms with Crippen molar-refractivity contribution in [2.24, 2.45) is 0 Å². The molecule has 5 heteroatoms. The van der Waals surface area contributed by atoms with E-state index in [9.17, 15) is 0 Å². The van der Waals surface area contributed by atoms with Crippen molar-refractivity contribution >= 4 is 16.7 Å². The molecule has 4 heterocycles. The number of hydrogen-bond donors (Lipinski definition) is 0. The largest absolute Gasteiger partial charge is 0.372 e. The zero-order chi connectivity index (χ0) is 16.5. The maximum absolute atomic E-state index is 5.87. The molecule has 4 rings (SSSR count). The first-order valence-corrected chi connectivity index (χ1v) is 8.28. The number of hydrogen-bond acceptors (Lipinski definition) is 5. The van der Waals surface area contributed by atoms with Crippen LogP contribution in [0, 0.1) is 0 Å². The zero-order valence-electron chi connectivity index (χ0n) is 13.9. The molecule has 5 nitrogen and oxygen atoms in total. The van der Waals surface area contributed by atoms with Gasteiger partial charge in [0.05, 0.1) is 29.1 Å². The summed E-state index contributed by atoms with van der Waals surface area (Å²) in [4.78, 5) is 16.2. The fourth-order valence-electron chi connectivity index (χ4n) is 3.30. The van der Waals surface area contributed by atoms with Gasteiger partial charge in [-0.3, -0.25) is 9.97 Å². The van der Waals surface area contributed by atoms with Crippen LogP contribution in [0.3, 0.4) is 0 Å². The van der Waals surface area contributed by atoms with Gasteiger partial charge in [0.2, 0.25) is 0 Å². The summed E-state index contributed by atoms with van der Waals surface area (Å²) in [5.74, 6) is 0.961. The summed E-state index contributed by atoms with van der Waals surface area (Å²) in [6.45, 7) is 5.86. The fraction of sp³-hybridized carbons (Fsp3) is 0.316. The maximum atomic E-state index is 5.87. The second-order valence-corrected chi connectivity index (χ2v) is 6.28. The van der Waals surface area contributed by atoms with Crippen LogP contribution >= 0.6 is 0 Å². The average Bonchev–Trinajstić information content (AvgIpc) is 2.60. The van der Waals surface area contributed by atoms with Gasteiger partial charge in [0.1, 0.15) is 5.82 Å². The van der Waals surface area contributed by atoms with E-state index in [0.29, 0.717) is 0 Å². The quantitative estimate of drug-likeness (QED) is 0.725. The first kappa shape index (κ1) is 15.0. The first-order chi connectivity index (χ1) is 11.7. The molecule has 3 aromatic heterocycles. The number of anilines is 1. The lowest BCUT2D eigenvalue weighted by Crippen LogP contribution is -2.46. The van der Waals surface area contributed by atoms with Crippen LogP contribution in [-0.4, -0.2) is 40.2 Å². The standard InChI is InChI=1S/C19H20N4O/c1-13-11-23(12-14(2)24-13)19-15-6-5-9-21-17(15)10-18(22-19)16-7-3-4-8-20-16/h3-10,13-14H,11-12H2,1-2H3/t13-,14-/m1/s1. The maximum Gasteiger partial charge on any atom is 0.138 e. The molecule has 0 saturated carbocycles. The lowest BCUT2D eigenvalue weighted by atomic mass is 10.1. The van der Waals surface area contributed by atoms with Crippen LogP contribution in [0.4, 0.5) is 5.82 Å². The van der Waals surface area contributed by atoms with E-state index in [1.54, 1.807) is 6.20 Å². The normalized spacial score (nSPS) is 21.2. The number of morpholine rings is 1. The highest BCUT2D eigenvalue weighted by atomic mass is 16.5. The molecule has 3 aromatic rings. The second kappa shape index (κ2) is 6.17. The van der Waals surface area contributed by atoms with Gasteiger partial charge in [0, 0.05) is 30.9 Å². The number of aromatic nitrogens is 3. The molecule has 0 bridgehead atoms. The second-order valence-electron chi connectivity index (χ2n) is 6.28. The highest BCUT2D eigenvalue weighted by Crippen LogP contribution is 2.30. The number of fused-ring (bicyclic) bond motifs is 1. The topological polar surface area (TPSA) is 51.1 Å². The Morgan fingerprint density at radius 3 is 2.50 bits per heavy atom. The van der Waals surface area contributed by atoms with E-state index in [1.165, 1.54) is 0 Å². The van der Waals surface area contributed by atoms with Gasteiger partial charge in [-0.2, -0.15) is 0 Å². The molecule has 0 aromatic carbocycles. The minimum absolute atomic E-state index is 0.181. The highest BCUT2D eigenvalue weighted by molar-refractivity contribution is 5.92. The molecule has 2 atom stereocenters. The van der Waals surface area contributed by atoms with Crippen molar-refractivity contribution in [3.8, 4) is 11.4 Å². The smallest absolute Gasteiger partial charge is 0.138 e. The van der Waals surface area contributed by atoms with Crippen LogP contribution in [0.5, 0.6) is 0 Å². The van der Waals surface area contributed by atoms with Crippen molar-refractivity contribution < 1.29 is 4.74 Å². The molecule has 0 spiro atoms. The molecule has 1 aliphatic heterocycles. The van der Waals surface area contributed by atoms with Crippen molar-refractivity contribution in [3.63, 3.8) is 0 Å². The Morgan fingerprint density at radius 1 is 0.958 bits per heavy atom. The molecular formula is C19H20N4O. The van der Waals surface area contributed by atoms with Gasteiger partial charge in [-0.05, 0) is 44.2 Å². The van der Waals surface area contributed by atoms with E-state index < -0.39 is 0 Å². The summed E-state index contributed by atoms with van der Waals surface area (Å²) < 4.78 is 5.87. The van der Waals surface area contributed by atoms with Crippen molar-refractivity contribution in [1.29, 1.82) is 0 Å². The number of rotatable bonds is 2. The molecule has 0 radical (unpaired) electrons. The van der Waals surface area contributed by atoms with E-state index in [2.05, 4.69) is 34.8 Å². The minimum Gasteiger partial charge on any atom is -0.372 e. The van der Waals surface area contributed by atoms with Gasteiger partial charge >= 0.3 is 0 Å². The minimum atomic E-state index is 0.181. The summed E-state index contributed by atoms with van der Waals surface area (Å²) >= 11 is 0. The van der Waals surface area contributed by atoms with Crippen molar-refractivity contribution in [3.05, 3.63) is 48.8 Å². The third kappa shape index (κ3) is 2.83. The van der Waals surface area contributed by atoms with Crippen LogP contribution in [0.15, 0.2) is 48.8 Å². The van der Waals surface area contributed by atoms with Gasteiger partial charge in [-0.25, -0.2) is 4.98 Å². The van der Waals surface area contributed by atoms with Crippen LogP contribution < -0.4 is 4.90 Å². The summed E-state index contributed by atoms with van der Waals surface area (Å²) in [6.07, 6.45) is 3.97. The molecule has 1 aliphatic rings. The van der Waals surface area contributed by atoms with Gasteiger partial charge in [-0.1, -0.05) is 6.07 Å². The molecule has 0 amide bonds. The van der Waals surface area contributed by atoms with Crippen LogP contribution in [0.2, 0.25) is 0 Å². The Labute approximate surface area is 141 Å². The average molecular weight is 320 g/mol. The van der Waals surface area contributed by atoms with E-state index >= 15 is 0 Å². The van der Waals surface area contributed by atoms with Gasteiger partial charge in [-0.15, -0.1) is 0 Å². The number of pyridine rings is 3. The monoisotopic (exact) mass is 320 g/mol. The molecule has 1 fully saturated rings. The highest BCUT2D eigenvalue weighted by Gasteiger charge is 2.25. The SMILES string of the molecule is C[C@@H]1CN(c2nc(-c3ccccn3)cc3ncccc23)C[C@@H](C)O1. The number of ether oxygens (including phenoxy) is 1. The van der Waals surface area contributed by atoms with E-state index in [1.807, 2.05) is 36.5 Å². The third-order valence-corrected chi connectivity index (χ3v) is 4.23. The van der Waals surface area contributed by atoms with Gasteiger partial charge < -0.3 is 9.64 Å². The molecule has 122 valence electrons. The zero-order valence-corrected chi connectivity index (χ0v) is 13.9. The third-order valence-electron chi connectivity index (χ3n) is 4.23. The molecule has 0 aliphatic carbocycles. The summed E-state index contributed by atoms with van der Waals surface area (Å²) in [6, 6.07) is 11.9. The van der Waals surface area contributed by atoms with E-state index in [-0.39, 0.29) is 12.2 Å². The number of nitrogens with zero attached hydrogens (tertiary/aromatic N) is 4. The van der Waals surface area contributed by atoms with E-state index in [0.717, 1.165) is 41.2 Å². The Bertz CT molecular complexity index is 842. The molecule has 0 unspecified atom stereocenters. The Balaban J connectivity index is 1.87. The summed E-state index contributed by atoms with van der Waals surface area (Å²) in [5.41, 5.74) is 2.65. The lowest BCUT2D eigenvalue weighted by Gasteiger charge is -2.36. The summed E-state index contributed by atoms with van der Waals surface area (Å²) in [5, 5.41) is 1.07. The van der Waals surface area contributed by atoms with E-state index in [4.69, 9.17) is 9.72 Å². The molecular weight excluding hydrogens is 300 g/mol. The Kier molecular flexibility index (Phi) is 3.86. The lowest BCUT2D eigenvalue weighted by molar-refractivity contribution is -0.00536. The fourth-order valence-corrected chi connectivity index (χ4v) is 3.30. The first-order valence-electron chi connectivity index (χ1n) is 8.28. The Hall–Kier alpha value is -2.53. The van der Waals surface area contributed by atoms with Crippen molar-refractivity contribution in [1.82, 2.24) is 15.0 Å². The summed E-state index contributed by atoms with van der Waals surface area (Å²) in [7, 11) is 0. The van der Waals surface area contributed by atoms with Crippen molar-refractivity contribution in [2.45, 2.75) is 26.1 Å². The van der Waals surface area contributed by atoms with Crippen LogP contribution in [-0.2, 0) is 4.74 Å². The van der Waals surface area contributed by atoms with Gasteiger partial charge in [0.25, 0.3) is 0 Å². The van der Waals surface area contributed by atoms with Crippen LogP contribution in [0.1, 0.15) is 13.8 Å². The van der Waals surface area contributed by atoms with Crippen LogP contribution in [0.25, 0.3) is 22.3 Å². The molecule has 1 saturated heterocycles. The predicted molar refractivity (Wildman–Crippen MR) is 95.0 cm³/mol. The van der Waals surface area contributed by atoms with Gasteiger partial charge in [0.15, 0.2) is 0 Å². The van der Waals surface area contributed by atoms with Crippen molar-refractivity contribution in [2.75, 3.05) is 18.0 Å². The predicted octanol–water partition coefficient (Wildman–Crippen LogP) is 3.31. The molecule has 0 N–H and O–H groups in total.